The lowest BCUT2D eigenvalue weighted by Gasteiger charge is -2.27. The number of nitrogens with two attached hydrogens (primary N) is 1. The Morgan fingerprint density at radius 2 is 2.00 bits per heavy atom. The van der Waals surface area contributed by atoms with Crippen LogP contribution < -0.4 is 10.5 Å². The minimum atomic E-state index is 0.0221. The van der Waals surface area contributed by atoms with Crippen molar-refractivity contribution in [2.45, 2.75) is 39.0 Å². The van der Waals surface area contributed by atoms with E-state index in [2.05, 4.69) is 0 Å². The average Bonchev–Trinajstić information content (AvgIpc) is 2.47. The van der Waals surface area contributed by atoms with E-state index in [9.17, 15) is 4.79 Å². The molecule has 0 radical (unpaired) electrons. The molecule has 116 valence electrons. The first-order valence-corrected chi connectivity index (χ1v) is 7.89. The molecule has 4 heteroatoms. The maximum absolute atomic E-state index is 12.5. The topological polar surface area (TPSA) is 55.6 Å². The minimum absolute atomic E-state index is 0.0221. The third-order valence-corrected chi connectivity index (χ3v) is 4.09. The fourth-order valence-electron chi connectivity index (χ4n) is 3.06. The van der Waals surface area contributed by atoms with Crippen LogP contribution in [0.4, 0.5) is 5.69 Å². The van der Waals surface area contributed by atoms with Crippen molar-refractivity contribution in [1.29, 1.82) is 0 Å². The minimum Gasteiger partial charge on any atom is -0.494 e. The number of nitrogens with zero attached hydrogens (tertiary/aromatic N) is 1. The van der Waals surface area contributed by atoms with Gasteiger partial charge in [0.15, 0.2) is 0 Å². The number of rotatable bonds is 5. The van der Waals surface area contributed by atoms with Gasteiger partial charge in [-0.1, -0.05) is 19.3 Å². The first-order valence-electron chi connectivity index (χ1n) is 7.89. The summed E-state index contributed by atoms with van der Waals surface area (Å²) in [5, 5.41) is 0. The Kier molecular flexibility index (Phi) is 5.48. The molecule has 4 nitrogen and oxygen atoms in total. The second-order valence-corrected chi connectivity index (χ2v) is 5.91. The van der Waals surface area contributed by atoms with E-state index in [0.717, 1.165) is 6.54 Å². The van der Waals surface area contributed by atoms with Gasteiger partial charge in [-0.05, 0) is 37.8 Å². The summed E-state index contributed by atoms with van der Waals surface area (Å²) in [5.74, 6) is 1.32. The molecular weight excluding hydrogens is 264 g/mol. The van der Waals surface area contributed by atoms with E-state index < -0.39 is 0 Å². The summed E-state index contributed by atoms with van der Waals surface area (Å²) in [6, 6.07) is 5.25. The van der Waals surface area contributed by atoms with Crippen molar-refractivity contribution in [3.8, 4) is 5.75 Å². The van der Waals surface area contributed by atoms with Gasteiger partial charge in [0.25, 0.3) is 5.91 Å². The van der Waals surface area contributed by atoms with Crippen LogP contribution in [-0.2, 0) is 0 Å². The van der Waals surface area contributed by atoms with E-state index in [-0.39, 0.29) is 5.91 Å². The van der Waals surface area contributed by atoms with Crippen LogP contribution in [0.3, 0.4) is 0 Å². The first kappa shape index (κ1) is 15.7. The van der Waals surface area contributed by atoms with Crippen molar-refractivity contribution in [2.24, 2.45) is 5.92 Å². The van der Waals surface area contributed by atoms with Crippen molar-refractivity contribution >= 4 is 11.6 Å². The van der Waals surface area contributed by atoms with Crippen LogP contribution in [0, 0.1) is 5.92 Å². The van der Waals surface area contributed by atoms with Crippen LogP contribution in [0.1, 0.15) is 49.4 Å². The smallest absolute Gasteiger partial charge is 0.253 e. The number of nitrogen functional groups attached to an aromatic ring is 1. The van der Waals surface area contributed by atoms with E-state index in [1.807, 2.05) is 18.9 Å². The zero-order valence-electron chi connectivity index (χ0n) is 13.1. The van der Waals surface area contributed by atoms with Gasteiger partial charge in [-0.25, -0.2) is 0 Å². The van der Waals surface area contributed by atoms with Gasteiger partial charge in [-0.15, -0.1) is 0 Å². The highest BCUT2D eigenvalue weighted by molar-refractivity contribution is 5.95. The van der Waals surface area contributed by atoms with Crippen molar-refractivity contribution in [3.05, 3.63) is 23.8 Å². The third kappa shape index (κ3) is 4.38. The summed E-state index contributed by atoms with van der Waals surface area (Å²) in [6.45, 7) is 3.31. The number of amides is 1. The zero-order chi connectivity index (χ0) is 15.2. The lowest BCUT2D eigenvalue weighted by atomic mass is 9.89. The molecule has 1 aromatic carbocycles. The van der Waals surface area contributed by atoms with E-state index in [1.54, 1.807) is 18.2 Å². The average molecular weight is 290 g/mol. The number of anilines is 1. The fraction of sp³-hybridized carbons (Fsp3) is 0.588. The quantitative estimate of drug-likeness (QED) is 0.846. The predicted octanol–water partition coefficient (Wildman–Crippen LogP) is 3.32. The number of carbonyl (C=O) groups is 1. The lowest BCUT2D eigenvalue weighted by Crippen LogP contribution is -2.32. The molecule has 0 bridgehead atoms. The molecule has 0 aliphatic heterocycles. The normalized spacial score (nSPS) is 15.7. The Bertz CT molecular complexity index is 482. The molecule has 21 heavy (non-hydrogen) atoms. The summed E-state index contributed by atoms with van der Waals surface area (Å²) in [7, 11) is 1.88. The van der Waals surface area contributed by atoms with Gasteiger partial charge in [-0.3, -0.25) is 4.79 Å². The third-order valence-electron chi connectivity index (χ3n) is 4.09. The van der Waals surface area contributed by atoms with Crippen LogP contribution in [-0.4, -0.2) is 31.0 Å². The van der Waals surface area contributed by atoms with Gasteiger partial charge in [-0.2, -0.15) is 0 Å². The summed E-state index contributed by atoms with van der Waals surface area (Å²) in [4.78, 5) is 14.4. The SMILES string of the molecule is CCOc1cc(N)cc(C(=O)N(C)CC2CCCCC2)c1. The molecule has 1 aromatic rings. The molecule has 1 amide bonds. The molecule has 0 spiro atoms. The lowest BCUT2D eigenvalue weighted by molar-refractivity contribution is 0.0760. The van der Waals surface area contributed by atoms with E-state index in [0.29, 0.717) is 29.5 Å². The molecule has 0 unspecified atom stereocenters. The molecule has 1 fully saturated rings. The van der Waals surface area contributed by atoms with Crippen LogP contribution in [0.2, 0.25) is 0 Å². The van der Waals surface area contributed by atoms with E-state index in [1.165, 1.54) is 32.1 Å². The monoisotopic (exact) mass is 290 g/mol. The molecule has 1 aliphatic rings. The standard InChI is InChI=1S/C17H26N2O2/c1-3-21-16-10-14(9-15(18)11-16)17(20)19(2)12-13-7-5-4-6-8-13/h9-11,13H,3-8,12,18H2,1-2H3. The van der Waals surface area contributed by atoms with Crippen LogP contribution in [0.5, 0.6) is 5.75 Å². The van der Waals surface area contributed by atoms with Crippen molar-refractivity contribution in [1.82, 2.24) is 4.90 Å². The van der Waals surface area contributed by atoms with Crippen LogP contribution in [0.25, 0.3) is 0 Å². The van der Waals surface area contributed by atoms with Crippen LogP contribution >= 0.6 is 0 Å². The van der Waals surface area contributed by atoms with Gasteiger partial charge in [0.1, 0.15) is 5.75 Å². The Labute approximate surface area is 127 Å². The van der Waals surface area contributed by atoms with Gasteiger partial charge >= 0.3 is 0 Å². The molecule has 0 atom stereocenters. The van der Waals surface area contributed by atoms with Gasteiger partial charge in [0.05, 0.1) is 6.61 Å². The van der Waals surface area contributed by atoms with E-state index >= 15 is 0 Å². The predicted molar refractivity (Wildman–Crippen MR) is 85.6 cm³/mol. The summed E-state index contributed by atoms with van der Waals surface area (Å²) < 4.78 is 5.46. The molecular formula is C17H26N2O2. The van der Waals surface area contributed by atoms with Gasteiger partial charge in [0, 0.05) is 30.9 Å². The maximum Gasteiger partial charge on any atom is 0.253 e. The Hall–Kier alpha value is -1.71. The Morgan fingerprint density at radius 3 is 2.67 bits per heavy atom. The number of carbonyl (C=O) groups excluding carboxylic acids is 1. The second kappa shape index (κ2) is 7.34. The summed E-state index contributed by atoms with van der Waals surface area (Å²) in [5.41, 5.74) is 7.03. The fourth-order valence-corrected chi connectivity index (χ4v) is 3.06. The van der Waals surface area contributed by atoms with Crippen molar-refractivity contribution in [2.75, 3.05) is 25.9 Å². The Morgan fingerprint density at radius 1 is 1.29 bits per heavy atom. The van der Waals surface area contributed by atoms with Crippen molar-refractivity contribution in [3.63, 3.8) is 0 Å². The van der Waals surface area contributed by atoms with Crippen molar-refractivity contribution < 1.29 is 9.53 Å². The summed E-state index contributed by atoms with van der Waals surface area (Å²) in [6.07, 6.45) is 6.39. The molecule has 0 saturated heterocycles. The molecule has 1 aliphatic carbocycles. The first-order chi connectivity index (χ1) is 10.1. The zero-order valence-corrected chi connectivity index (χ0v) is 13.1. The maximum atomic E-state index is 12.5. The molecule has 0 aromatic heterocycles. The molecule has 2 rings (SSSR count). The number of hydrogen-bond acceptors (Lipinski definition) is 3. The highest BCUT2D eigenvalue weighted by atomic mass is 16.5. The number of hydrogen-bond donors (Lipinski definition) is 1. The van der Waals surface area contributed by atoms with Gasteiger partial charge < -0.3 is 15.4 Å². The highest BCUT2D eigenvalue weighted by Gasteiger charge is 2.19. The molecule has 1 saturated carbocycles. The largest absolute Gasteiger partial charge is 0.494 e. The molecule has 0 heterocycles. The van der Waals surface area contributed by atoms with Gasteiger partial charge in [0.2, 0.25) is 0 Å². The second-order valence-electron chi connectivity index (χ2n) is 5.91. The Balaban J connectivity index is 2.03. The summed E-state index contributed by atoms with van der Waals surface area (Å²) >= 11 is 0. The molecule has 2 N–H and O–H groups in total. The van der Waals surface area contributed by atoms with Crippen LogP contribution in [0.15, 0.2) is 18.2 Å². The number of ether oxygens (including phenoxy) is 1. The number of benzene rings is 1. The highest BCUT2D eigenvalue weighted by Crippen LogP contribution is 2.25. The van der Waals surface area contributed by atoms with E-state index in [4.69, 9.17) is 10.5 Å².